The van der Waals surface area contributed by atoms with Crippen molar-refractivity contribution in [3.05, 3.63) is 57.1 Å². The lowest BCUT2D eigenvalue weighted by molar-refractivity contribution is -0.545. The SMILES string of the molecule is CCCCCCCCCCCC1=[N+](Cc2cccc(Cl)c2Cl)CCc2c1ccc(OC)c2OCCCCCCCCO. The zero-order valence-corrected chi connectivity index (χ0v) is 27.7. The van der Waals surface area contributed by atoms with Gasteiger partial charge >= 0.3 is 0 Å². The maximum Gasteiger partial charge on any atom is 0.184 e. The van der Waals surface area contributed by atoms with Crippen molar-refractivity contribution in [3.8, 4) is 11.5 Å². The van der Waals surface area contributed by atoms with Crippen molar-refractivity contribution in [2.24, 2.45) is 0 Å². The Bertz CT molecular complexity index is 1100. The van der Waals surface area contributed by atoms with Crippen LogP contribution in [0.2, 0.25) is 10.0 Å². The Hall–Kier alpha value is -1.75. The van der Waals surface area contributed by atoms with Gasteiger partial charge in [-0.1, -0.05) is 119 Å². The first-order valence-corrected chi connectivity index (χ1v) is 17.3. The summed E-state index contributed by atoms with van der Waals surface area (Å²) in [5.41, 5.74) is 5.02. The lowest BCUT2D eigenvalue weighted by atomic mass is 9.91. The van der Waals surface area contributed by atoms with Gasteiger partial charge in [0.15, 0.2) is 23.8 Å². The van der Waals surface area contributed by atoms with Gasteiger partial charge in [-0.15, -0.1) is 0 Å². The van der Waals surface area contributed by atoms with Crippen LogP contribution in [0.25, 0.3) is 0 Å². The first-order valence-electron chi connectivity index (χ1n) is 16.6. The Labute approximate surface area is 265 Å². The molecule has 1 aliphatic heterocycles. The quantitative estimate of drug-likeness (QED) is 0.105. The number of unbranched alkanes of at least 4 members (excludes halogenated alkanes) is 13. The van der Waals surface area contributed by atoms with Crippen LogP contribution in [-0.4, -0.2) is 42.3 Å². The van der Waals surface area contributed by atoms with E-state index < -0.39 is 0 Å². The van der Waals surface area contributed by atoms with Crippen LogP contribution in [0, 0.1) is 0 Å². The highest BCUT2D eigenvalue weighted by Gasteiger charge is 2.30. The summed E-state index contributed by atoms with van der Waals surface area (Å²) in [6.45, 7) is 4.94. The highest BCUT2D eigenvalue weighted by molar-refractivity contribution is 6.42. The maximum atomic E-state index is 8.98. The summed E-state index contributed by atoms with van der Waals surface area (Å²) in [5, 5.41) is 10.2. The highest BCUT2D eigenvalue weighted by Crippen LogP contribution is 2.37. The minimum atomic E-state index is 0.295. The second-order valence-corrected chi connectivity index (χ2v) is 12.5. The van der Waals surface area contributed by atoms with Crippen molar-refractivity contribution >= 4 is 28.9 Å². The van der Waals surface area contributed by atoms with Crippen molar-refractivity contribution in [3.63, 3.8) is 0 Å². The monoisotopic (exact) mass is 618 g/mol. The molecule has 0 saturated carbocycles. The first-order chi connectivity index (χ1) is 20.6. The second-order valence-electron chi connectivity index (χ2n) is 11.7. The maximum absolute atomic E-state index is 8.98. The van der Waals surface area contributed by atoms with E-state index in [9.17, 15) is 0 Å². The molecule has 0 saturated heterocycles. The average molecular weight is 620 g/mol. The zero-order chi connectivity index (χ0) is 30.0. The standard InChI is InChI=1S/C36H54Cl2NO3/c1-3-4-5-6-7-8-9-12-15-21-33-30-22-23-34(41-2)36(42-27-17-14-11-10-13-16-26-40)31(30)24-25-39(33)28-29-19-18-20-32(37)35(29)38/h18-20,22-23,40H,3-17,21,24-28H2,1-2H3/q+1. The highest BCUT2D eigenvalue weighted by atomic mass is 35.5. The summed E-state index contributed by atoms with van der Waals surface area (Å²) < 4.78 is 14.7. The second kappa shape index (κ2) is 20.3. The number of benzene rings is 2. The van der Waals surface area contributed by atoms with Gasteiger partial charge in [0, 0.05) is 36.1 Å². The van der Waals surface area contributed by atoms with Gasteiger partial charge in [0.05, 0.1) is 23.8 Å². The van der Waals surface area contributed by atoms with Crippen LogP contribution in [0.3, 0.4) is 0 Å². The topological polar surface area (TPSA) is 41.7 Å². The van der Waals surface area contributed by atoms with Crippen molar-refractivity contribution in [1.82, 2.24) is 0 Å². The zero-order valence-electron chi connectivity index (χ0n) is 26.2. The summed E-state index contributed by atoms with van der Waals surface area (Å²) in [6, 6.07) is 10.3. The molecule has 0 atom stereocenters. The Balaban J connectivity index is 1.73. The van der Waals surface area contributed by atoms with E-state index in [2.05, 4.69) is 29.7 Å². The molecule has 3 rings (SSSR count). The summed E-state index contributed by atoms with van der Waals surface area (Å²) in [7, 11) is 1.74. The van der Waals surface area contributed by atoms with Crippen molar-refractivity contribution in [2.45, 2.75) is 123 Å². The molecule has 2 aromatic carbocycles. The van der Waals surface area contributed by atoms with Gasteiger partial charge in [0.1, 0.15) is 6.54 Å². The largest absolute Gasteiger partial charge is 0.493 e. The molecule has 6 heteroatoms. The predicted octanol–water partition coefficient (Wildman–Crippen LogP) is 10.2. The van der Waals surface area contributed by atoms with Gasteiger partial charge in [-0.05, 0) is 37.5 Å². The third-order valence-electron chi connectivity index (χ3n) is 8.48. The number of aliphatic hydroxyl groups excluding tert-OH is 1. The van der Waals surface area contributed by atoms with Crippen LogP contribution in [0.4, 0.5) is 0 Å². The van der Waals surface area contributed by atoms with Crippen molar-refractivity contribution < 1.29 is 19.2 Å². The number of rotatable bonds is 22. The van der Waals surface area contributed by atoms with Gasteiger partial charge in [-0.2, -0.15) is 0 Å². The molecule has 0 aromatic heterocycles. The summed E-state index contributed by atoms with van der Waals surface area (Å²) >= 11 is 13.0. The number of halogens is 2. The molecule has 0 bridgehead atoms. The number of ether oxygens (including phenoxy) is 2. The minimum absolute atomic E-state index is 0.295. The smallest absolute Gasteiger partial charge is 0.184 e. The summed E-state index contributed by atoms with van der Waals surface area (Å²) in [6.07, 6.45) is 20.4. The number of nitrogens with zero attached hydrogens (tertiary/aromatic N) is 1. The lowest BCUT2D eigenvalue weighted by Crippen LogP contribution is -2.30. The molecule has 1 aliphatic rings. The Morgan fingerprint density at radius 3 is 2.17 bits per heavy atom. The van der Waals surface area contributed by atoms with E-state index in [-0.39, 0.29) is 0 Å². The van der Waals surface area contributed by atoms with Crippen molar-refractivity contribution in [1.29, 1.82) is 0 Å². The van der Waals surface area contributed by atoms with E-state index in [4.69, 9.17) is 37.8 Å². The number of hydrogen-bond acceptors (Lipinski definition) is 3. The Morgan fingerprint density at radius 1 is 0.810 bits per heavy atom. The van der Waals surface area contributed by atoms with E-state index in [0.717, 1.165) is 68.7 Å². The molecule has 42 heavy (non-hydrogen) atoms. The average Bonchev–Trinajstić information content (AvgIpc) is 3.00. The summed E-state index contributed by atoms with van der Waals surface area (Å²) in [4.78, 5) is 0. The molecule has 1 heterocycles. The van der Waals surface area contributed by atoms with Gasteiger partial charge in [0.25, 0.3) is 0 Å². The fourth-order valence-electron chi connectivity index (χ4n) is 6.04. The molecular weight excluding hydrogens is 565 g/mol. The van der Waals surface area contributed by atoms with Crippen molar-refractivity contribution in [2.75, 3.05) is 26.9 Å². The van der Waals surface area contributed by atoms with Crippen LogP contribution >= 0.6 is 23.2 Å². The lowest BCUT2D eigenvalue weighted by Gasteiger charge is -2.23. The molecule has 1 N–H and O–H groups in total. The van der Waals surface area contributed by atoms with E-state index >= 15 is 0 Å². The number of fused-ring (bicyclic) bond motifs is 1. The molecule has 0 unspecified atom stereocenters. The minimum Gasteiger partial charge on any atom is -0.493 e. The van der Waals surface area contributed by atoms with E-state index in [1.807, 2.05) is 12.1 Å². The van der Waals surface area contributed by atoms with E-state index in [1.165, 1.54) is 87.5 Å². The van der Waals surface area contributed by atoms with Crippen LogP contribution in [-0.2, 0) is 13.0 Å². The third-order valence-corrected chi connectivity index (χ3v) is 9.34. The first kappa shape index (κ1) is 34.7. The number of hydrogen-bond donors (Lipinski definition) is 1. The Morgan fingerprint density at radius 2 is 1.48 bits per heavy atom. The fraction of sp³-hybridized carbons (Fsp3) is 0.639. The van der Waals surface area contributed by atoms with Gasteiger partial charge < -0.3 is 14.6 Å². The summed E-state index contributed by atoms with van der Waals surface area (Å²) in [5.74, 6) is 1.74. The molecule has 0 aliphatic carbocycles. The molecular formula is C36H54Cl2NO3+. The molecule has 2 aromatic rings. The van der Waals surface area contributed by atoms with Crippen LogP contribution in [0.5, 0.6) is 11.5 Å². The molecule has 4 nitrogen and oxygen atoms in total. The molecule has 234 valence electrons. The van der Waals surface area contributed by atoms with Gasteiger partial charge in [0.2, 0.25) is 0 Å². The van der Waals surface area contributed by atoms with Gasteiger partial charge in [-0.3, -0.25) is 0 Å². The molecule has 0 amide bonds. The fourth-order valence-corrected chi connectivity index (χ4v) is 6.42. The van der Waals surface area contributed by atoms with Gasteiger partial charge in [-0.25, -0.2) is 4.58 Å². The third kappa shape index (κ3) is 11.1. The number of aliphatic hydroxyl groups is 1. The van der Waals surface area contributed by atoms with Crippen LogP contribution in [0.15, 0.2) is 30.3 Å². The normalized spacial score (nSPS) is 13.0. The van der Waals surface area contributed by atoms with Crippen LogP contribution in [0.1, 0.15) is 126 Å². The molecule has 0 fully saturated rings. The molecule has 0 spiro atoms. The predicted molar refractivity (Wildman–Crippen MR) is 178 cm³/mol. The van der Waals surface area contributed by atoms with E-state index in [1.54, 1.807) is 7.11 Å². The number of methoxy groups -OCH3 is 1. The van der Waals surface area contributed by atoms with E-state index in [0.29, 0.717) is 23.3 Å². The van der Waals surface area contributed by atoms with Crippen LogP contribution < -0.4 is 9.47 Å². The Kier molecular flexibility index (Phi) is 16.7. The molecule has 0 radical (unpaired) electrons.